The normalized spacial score (nSPS) is 10.2. The van der Waals surface area contributed by atoms with Gasteiger partial charge in [0.1, 0.15) is 5.82 Å². The van der Waals surface area contributed by atoms with Crippen LogP contribution in [0.1, 0.15) is 23.2 Å². The summed E-state index contributed by atoms with van der Waals surface area (Å²) in [6, 6.07) is 4.23. The topological polar surface area (TPSA) is 57.6 Å². The highest BCUT2D eigenvalue weighted by atomic mass is 79.9. The van der Waals surface area contributed by atoms with Crippen LogP contribution in [0.3, 0.4) is 0 Å². The smallest absolute Gasteiger partial charge is 0.303 e. The van der Waals surface area contributed by atoms with Gasteiger partial charge in [0, 0.05) is 20.0 Å². The van der Waals surface area contributed by atoms with Gasteiger partial charge in [-0.3, -0.25) is 9.59 Å². The predicted octanol–water partition coefficient (Wildman–Crippen LogP) is 2.53. The Morgan fingerprint density at radius 3 is 2.72 bits per heavy atom. The quantitative estimate of drug-likeness (QED) is 0.907. The van der Waals surface area contributed by atoms with Gasteiger partial charge >= 0.3 is 5.97 Å². The molecule has 6 heteroatoms. The lowest BCUT2D eigenvalue weighted by molar-refractivity contribution is -0.137. The number of nitrogens with zero attached hydrogens (tertiary/aromatic N) is 1. The van der Waals surface area contributed by atoms with Gasteiger partial charge in [-0.15, -0.1) is 0 Å². The van der Waals surface area contributed by atoms with Crippen molar-refractivity contribution >= 4 is 27.8 Å². The molecule has 18 heavy (non-hydrogen) atoms. The van der Waals surface area contributed by atoms with E-state index in [4.69, 9.17) is 5.11 Å². The summed E-state index contributed by atoms with van der Waals surface area (Å²) in [7, 11) is 1.56. The van der Waals surface area contributed by atoms with Crippen molar-refractivity contribution in [2.24, 2.45) is 0 Å². The zero-order valence-corrected chi connectivity index (χ0v) is 11.4. The SMILES string of the molecule is CN(CCCC(=O)O)C(=O)c1cccc(F)c1Br. The van der Waals surface area contributed by atoms with Gasteiger partial charge in [-0.2, -0.15) is 0 Å². The number of carbonyl (C=O) groups is 2. The van der Waals surface area contributed by atoms with Crippen molar-refractivity contribution in [3.05, 3.63) is 34.1 Å². The van der Waals surface area contributed by atoms with Crippen LogP contribution in [-0.2, 0) is 4.79 Å². The summed E-state index contributed by atoms with van der Waals surface area (Å²) >= 11 is 3.02. The molecular formula is C12H13BrFNO3. The summed E-state index contributed by atoms with van der Waals surface area (Å²) < 4.78 is 13.4. The largest absolute Gasteiger partial charge is 0.481 e. The van der Waals surface area contributed by atoms with Crippen molar-refractivity contribution in [3.8, 4) is 0 Å². The van der Waals surface area contributed by atoms with Gasteiger partial charge in [0.25, 0.3) is 5.91 Å². The Kier molecular flexibility index (Phi) is 5.27. The fourth-order valence-corrected chi connectivity index (χ4v) is 1.88. The predicted molar refractivity (Wildman–Crippen MR) is 67.9 cm³/mol. The van der Waals surface area contributed by atoms with Crippen LogP contribution in [0, 0.1) is 5.82 Å². The summed E-state index contributed by atoms with van der Waals surface area (Å²) in [5.74, 6) is -1.74. The van der Waals surface area contributed by atoms with Crippen molar-refractivity contribution < 1.29 is 19.1 Å². The van der Waals surface area contributed by atoms with Crippen LogP contribution >= 0.6 is 15.9 Å². The van der Waals surface area contributed by atoms with Crippen LogP contribution in [0.2, 0.25) is 0 Å². The lowest BCUT2D eigenvalue weighted by Gasteiger charge is -2.17. The number of carboxylic acid groups (broad SMARTS) is 1. The van der Waals surface area contributed by atoms with Crippen LogP contribution in [-0.4, -0.2) is 35.5 Å². The molecule has 1 N–H and O–H groups in total. The molecule has 1 aromatic carbocycles. The fourth-order valence-electron chi connectivity index (χ4n) is 1.44. The minimum Gasteiger partial charge on any atom is -0.481 e. The molecule has 1 amide bonds. The Morgan fingerprint density at radius 2 is 2.11 bits per heavy atom. The van der Waals surface area contributed by atoms with E-state index in [1.165, 1.54) is 23.1 Å². The maximum absolute atomic E-state index is 13.3. The summed E-state index contributed by atoms with van der Waals surface area (Å²) in [6.45, 7) is 0.314. The maximum atomic E-state index is 13.3. The highest BCUT2D eigenvalue weighted by molar-refractivity contribution is 9.10. The van der Waals surface area contributed by atoms with Gasteiger partial charge in [-0.1, -0.05) is 6.07 Å². The van der Waals surface area contributed by atoms with Gasteiger partial charge in [0.05, 0.1) is 10.0 Å². The summed E-state index contributed by atoms with van der Waals surface area (Å²) in [5.41, 5.74) is 0.229. The average molecular weight is 318 g/mol. The van der Waals surface area contributed by atoms with Gasteiger partial charge < -0.3 is 10.0 Å². The number of amides is 1. The first-order chi connectivity index (χ1) is 8.43. The number of hydrogen-bond acceptors (Lipinski definition) is 2. The zero-order valence-electron chi connectivity index (χ0n) is 9.82. The van der Waals surface area contributed by atoms with Crippen molar-refractivity contribution in [1.82, 2.24) is 4.90 Å². The monoisotopic (exact) mass is 317 g/mol. The van der Waals surface area contributed by atoms with E-state index in [2.05, 4.69) is 15.9 Å². The van der Waals surface area contributed by atoms with Crippen LogP contribution in [0.4, 0.5) is 4.39 Å². The Balaban J connectivity index is 2.69. The fraction of sp³-hybridized carbons (Fsp3) is 0.333. The van der Waals surface area contributed by atoms with E-state index >= 15 is 0 Å². The summed E-state index contributed by atoms with van der Waals surface area (Å²) in [5, 5.41) is 8.50. The summed E-state index contributed by atoms with van der Waals surface area (Å²) in [4.78, 5) is 23.7. The second-order valence-corrected chi connectivity index (χ2v) is 4.62. The molecule has 0 saturated carbocycles. The average Bonchev–Trinajstić information content (AvgIpc) is 2.31. The van der Waals surface area contributed by atoms with E-state index in [0.717, 1.165) is 0 Å². The van der Waals surface area contributed by atoms with Crippen LogP contribution in [0.5, 0.6) is 0 Å². The number of hydrogen-bond donors (Lipinski definition) is 1. The Bertz CT molecular complexity index is 465. The van der Waals surface area contributed by atoms with Crippen LogP contribution in [0.25, 0.3) is 0 Å². The third kappa shape index (κ3) is 3.80. The lowest BCUT2D eigenvalue weighted by Crippen LogP contribution is -2.28. The Labute approximate surface area is 113 Å². The molecule has 0 bridgehead atoms. The number of carboxylic acids is 1. The molecule has 0 unspecified atom stereocenters. The second-order valence-electron chi connectivity index (χ2n) is 3.83. The maximum Gasteiger partial charge on any atom is 0.303 e. The van der Waals surface area contributed by atoms with E-state index in [0.29, 0.717) is 13.0 Å². The minimum atomic E-state index is -0.900. The molecule has 0 fully saturated rings. The van der Waals surface area contributed by atoms with Crippen LogP contribution < -0.4 is 0 Å². The molecule has 0 atom stereocenters. The highest BCUT2D eigenvalue weighted by Crippen LogP contribution is 2.21. The van der Waals surface area contributed by atoms with Gasteiger partial charge in [-0.25, -0.2) is 4.39 Å². The second kappa shape index (κ2) is 6.49. The number of rotatable bonds is 5. The molecule has 0 aromatic heterocycles. The van der Waals surface area contributed by atoms with Crippen molar-refractivity contribution in [2.75, 3.05) is 13.6 Å². The van der Waals surface area contributed by atoms with Crippen molar-refractivity contribution in [3.63, 3.8) is 0 Å². The molecule has 4 nitrogen and oxygen atoms in total. The van der Waals surface area contributed by atoms with E-state index in [-0.39, 0.29) is 22.4 Å². The highest BCUT2D eigenvalue weighted by Gasteiger charge is 2.16. The molecule has 0 heterocycles. The molecule has 0 aliphatic rings. The molecule has 1 aromatic rings. The van der Waals surface area contributed by atoms with Gasteiger partial charge in [0.15, 0.2) is 0 Å². The third-order valence-electron chi connectivity index (χ3n) is 2.41. The molecule has 0 radical (unpaired) electrons. The van der Waals surface area contributed by atoms with Gasteiger partial charge in [0.2, 0.25) is 0 Å². The standard InChI is InChI=1S/C12H13BrFNO3/c1-15(7-3-6-10(16)17)12(18)8-4-2-5-9(14)11(8)13/h2,4-5H,3,6-7H2,1H3,(H,16,17). The molecule has 0 aliphatic heterocycles. The zero-order chi connectivity index (χ0) is 13.7. The molecular weight excluding hydrogens is 305 g/mol. The van der Waals surface area contributed by atoms with Crippen molar-refractivity contribution in [1.29, 1.82) is 0 Å². The molecule has 0 aliphatic carbocycles. The Morgan fingerprint density at radius 1 is 1.44 bits per heavy atom. The first kappa shape index (κ1) is 14.6. The van der Waals surface area contributed by atoms with Gasteiger partial charge in [-0.05, 0) is 34.5 Å². The number of benzene rings is 1. The van der Waals surface area contributed by atoms with E-state index in [1.54, 1.807) is 7.05 Å². The molecule has 1 rings (SSSR count). The first-order valence-corrected chi connectivity index (χ1v) is 6.14. The lowest BCUT2D eigenvalue weighted by atomic mass is 10.2. The summed E-state index contributed by atoms with van der Waals surface area (Å²) in [6.07, 6.45) is 0.368. The molecule has 98 valence electrons. The molecule has 0 saturated heterocycles. The minimum absolute atomic E-state index is 0.00193. The number of aliphatic carboxylic acids is 1. The third-order valence-corrected chi connectivity index (χ3v) is 3.22. The number of carbonyl (C=O) groups excluding carboxylic acids is 1. The number of halogens is 2. The van der Waals surface area contributed by atoms with E-state index in [9.17, 15) is 14.0 Å². The van der Waals surface area contributed by atoms with Crippen LogP contribution in [0.15, 0.2) is 22.7 Å². The van der Waals surface area contributed by atoms with E-state index in [1.807, 2.05) is 0 Å². The molecule has 0 spiro atoms. The van der Waals surface area contributed by atoms with E-state index < -0.39 is 11.8 Å². The first-order valence-electron chi connectivity index (χ1n) is 5.34. The van der Waals surface area contributed by atoms with Crippen molar-refractivity contribution in [2.45, 2.75) is 12.8 Å². The Hall–Kier alpha value is -1.43.